The number of aliphatic hydroxyl groups is 1. The van der Waals surface area contributed by atoms with Gasteiger partial charge >= 0.3 is 0 Å². The molecule has 0 radical (unpaired) electrons. The van der Waals surface area contributed by atoms with E-state index in [0.29, 0.717) is 37.1 Å². The molecule has 0 aliphatic heterocycles. The fourth-order valence-electron chi connectivity index (χ4n) is 4.85. The van der Waals surface area contributed by atoms with Gasteiger partial charge in [0.25, 0.3) is 0 Å². The maximum atomic E-state index is 11.4. The Bertz CT molecular complexity index is 1480. The van der Waals surface area contributed by atoms with Gasteiger partial charge in [0.2, 0.25) is 10.0 Å². The summed E-state index contributed by atoms with van der Waals surface area (Å²) >= 11 is 0. The van der Waals surface area contributed by atoms with Crippen LogP contribution in [0.5, 0.6) is 11.5 Å². The van der Waals surface area contributed by atoms with Crippen LogP contribution < -0.4 is 19.5 Å². The summed E-state index contributed by atoms with van der Waals surface area (Å²) in [5.41, 5.74) is 3.11. The predicted molar refractivity (Wildman–Crippen MR) is 147 cm³/mol. The third-order valence-corrected chi connectivity index (χ3v) is 7.21. The molecular weight excluding hydrogens is 490 g/mol. The molecule has 196 valence electrons. The van der Waals surface area contributed by atoms with E-state index >= 15 is 0 Å². The molecule has 0 unspecified atom stereocenters. The number of H-pyrrole nitrogens is 1. The number of fused-ring (bicyclic) bond motifs is 3. The van der Waals surface area contributed by atoms with Crippen LogP contribution in [-0.2, 0) is 10.0 Å². The number of benzene rings is 3. The van der Waals surface area contributed by atoms with E-state index < -0.39 is 16.1 Å². The van der Waals surface area contributed by atoms with Gasteiger partial charge in [0, 0.05) is 41.7 Å². The van der Waals surface area contributed by atoms with Gasteiger partial charge < -0.3 is 24.9 Å². The van der Waals surface area contributed by atoms with Crippen molar-refractivity contribution < 1.29 is 23.0 Å². The summed E-state index contributed by atoms with van der Waals surface area (Å²) in [4.78, 5) is 3.49. The third-order valence-electron chi connectivity index (χ3n) is 6.61. The van der Waals surface area contributed by atoms with E-state index in [9.17, 15) is 13.5 Å². The second-order valence-electron chi connectivity index (χ2n) is 9.63. The number of ether oxygens (including phenoxy) is 2. The molecule has 1 aliphatic rings. The van der Waals surface area contributed by atoms with Crippen molar-refractivity contribution in [3.8, 4) is 11.5 Å². The van der Waals surface area contributed by atoms with Gasteiger partial charge in [-0.05, 0) is 67.6 Å². The molecule has 4 aromatic rings. The first kappa shape index (κ1) is 25.4. The lowest BCUT2D eigenvalue weighted by Crippen LogP contribution is -2.26. The van der Waals surface area contributed by atoms with Gasteiger partial charge in [-0.2, -0.15) is 0 Å². The standard InChI is InChI=1S/C28H33N3O5S/c1-37(33,34)31-20-6-4-5-19(15-20)28(32)18-29-13-14-35-22-9-11-24-25-12-10-23(36-21-7-2-3-8-21)17-27(25)30-26(24)16-22/h4-6,9-12,15-17,21,28-32H,2-3,7-8,13-14,18H2,1H3/t28-/m0/s1. The van der Waals surface area contributed by atoms with Gasteiger partial charge in [-0.25, -0.2) is 8.42 Å². The topological polar surface area (TPSA) is 113 Å². The van der Waals surface area contributed by atoms with E-state index in [1.165, 1.54) is 12.8 Å². The zero-order valence-electron chi connectivity index (χ0n) is 20.9. The Labute approximate surface area is 217 Å². The van der Waals surface area contributed by atoms with Crippen molar-refractivity contribution in [1.29, 1.82) is 0 Å². The second-order valence-corrected chi connectivity index (χ2v) is 11.4. The fraction of sp³-hybridized carbons (Fsp3) is 0.357. The molecule has 9 heteroatoms. The maximum absolute atomic E-state index is 11.4. The maximum Gasteiger partial charge on any atom is 0.229 e. The monoisotopic (exact) mass is 523 g/mol. The first-order valence-electron chi connectivity index (χ1n) is 12.7. The molecule has 3 aromatic carbocycles. The summed E-state index contributed by atoms with van der Waals surface area (Å²) in [6.45, 7) is 1.30. The van der Waals surface area contributed by atoms with Crippen molar-refractivity contribution in [1.82, 2.24) is 10.3 Å². The molecule has 1 saturated carbocycles. The normalized spacial score (nSPS) is 15.3. The largest absolute Gasteiger partial charge is 0.492 e. The average molecular weight is 524 g/mol. The lowest BCUT2D eigenvalue weighted by atomic mass is 10.1. The Kier molecular flexibility index (Phi) is 7.55. The van der Waals surface area contributed by atoms with E-state index in [1.807, 2.05) is 12.1 Å². The van der Waals surface area contributed by atoms with Crippen molar-refractivity contribution in [3.05, 3.63) is 66.2 Å². The van der Waals surface area contributed by atoms with E-state index in [2.05, 4.69) is 39.3 Å². The van der Waals surface area contributed by atoms with Crippen molar-refractivity contribution in [3.63, 3.8) is 0 Å². The molecule has 1 fully saturated rings. The summed E-state index contributed by atoms with van der Waals surface area (Å²) in [6.07, 6.45) is 5.42. The fourth-order valence-corrected chi connectivity index (χ4v) is 5.41. The summed E-state index contributed by atoms with van der Waals surface area (Å²) in [5.74, 6) is 1.68. The smallest absolute Gasteiger partial charge is 0.229 e. The quantitative estimate of drug-likeness (QED) is 0.212. The molecule has 1 atom stereocenters. The van der Waals surface area contributed by atoms with Crippen LogP contribution in [0.3, 0.4) is 0 Å². The lowest BCUT2D eigenvalue weighted by molar-refractivity contribution is 0.172. The molecule has 1 aromatic heterocycles. The van der Waals surface area contributed by atoms with Gasteiger partial charge in [-0.3, -0.25) is 4.72 Å². The van der Waals surface area contributed by atoms with Gasteiger partial charge in [0.15, 0.2) is 0 Å². The molecule has 1 heterocycles. The minimum absolute atomic E-state index is 0.317. The highest BCUT2D eigenvalue weighted by Crippen LogP contribution is 2.32. The number of rotatable bonds is 11. The number of aromatic nitrogens is 1. The Morgan fingerprint density at radius 3 is 2.43 bits per heavy atom. The minimum Gasteiger partial charge on any atom is -0.492 e. The van der Waals surface area contributed by atoms with Crippen molar-refractivity contribution in [2.45, 2.75) is 37.9 Å². The Balaban J connectivity index is 1.13. The molecule has 5 rings (SSSR count). The lowest BCUT2D eigenvalue weighted by Gasteiger charge is -2.14. The number of aliphatic hydroxyl groups excluding tert-OH is 1. The number of nitrogens with one attached hydrogen (secondary N) is 3. The highest BCUT2D eigenvalue weighted by molar-refractivity contribution is 7.92. The molecule has 37 heavy (non-hydrogen) atoms. The zero-order chi connectivity index (χ0) is 25.8. The number of hydrogen-bond acceptors (Lipinski definition) is 6. The highest BCUT2D eigenvalue weighted by atomic mass is 32.2. The summed E-state index contributed by atoms with van der Waals surface area (Å²) in [7, 11) is -3.37. The third kappa shape index (κ3) is 6.54. The second kappa shape index (κ2) is 11.0. The molecule has 4 N–H and O–H groups in total. The van der Waals surface area contributed by atoms with Crippen LogP contribution in [0.15, 0.2) is 60.7 Å². The van der Waals surface area contributed by atoms with Crippen LogP contribution >= 0.6 is 0 Å². The SMILES string of the molecule is CS(=O)(=O)Nc1cccc([C@@H](O)CNCCOc2ccc3c(c2)[nH]c2cc(OC4CCCC4)ccc23)c1. The van der Waals surface area contributed by atoms with E-state index in [4.69, 9.17) is 9.47 Å². The van der Waals surface area contributed by atoms with Gasteiger partial charge in [0.1, 0.15) is 18.1 Å². The minimum atomic E-state index is -3.37. The predicted octanol–water partition coefficient (Wildman–Crippen LogP) is 4.72. The molecular formula is C28H33N3O5S. The van der Waals surface area contributed by atoms with E-state index in [1.54, 1.807) is 24.3 Å². The Hall–Kier alpha value is -3.27. The number of anilines is 1. The van der Waals surface area contributed by atoms with Crippen LogP contribution in [0.25, 0.3) is 21.8 Å². The molecule has 0 amide bonds. The van der Waals surface area contributed by atoms with Crippen LogP contribution in [-0.4, -0.2) is 50.6 Å². The van der Waals surface area contributed by atoms with Gasteiger partial charge in [-0.1, -0.05) is 12.1 Å². The van der Waals surface area contributed by atoms with Gasteiger partial charge in [0.05, 0.1) is 29.5 Å². The van der Waals surface area contributed by atoms with Gasteiger partial charge in [-0.15, -0.1) is 0 Å². The summed E-state index contributed by atoms with van der Waals surface area (Å²) in [6, 6.07) is 19.0. The number of hydrogen-bond donors (Lipinski definition) is 4. The first-order valence-corrected chi connectivity index (χ1v) is 14.5. The van der Waals surface area contributed by atoms with Crippen molar-refractivity contribution in [2.24, 2.45) is 0 Å². The molecule has 0 spiro atoms. The van der Waals surface area contributed by atoms with E-state index in [-0.39, 0.29) is 0 Å². The molecule has 8 nitrogen and oxygen atoms in total. The average Bonchev–Trinajstić information content (AvgIpc) is 3.49. The Morgan fingerprint density at radius 1 is 1.00 bits per heavy atom. The van der Waals surface area contributed by atoms with E-state index in [0.717, 1.165) is 52.4 Å². The summed E-state index contributed by atoms with van der Waals surface area (Å²) in [5, 5.41) is 15.9. The highest BCUT2D eigenvalue weighted by Gasteiger charge is 2.17. The van der Waals surface area contributed by atoms with Crippen LogP contribution in [0.2, 0.25) is 0 Å². The van der Waals surface area contributed by atoms with Crippen LogP contribution in [0.4, 0.5) is 5.69 Å². The molecule has 1 aliphatic carbocycles. The van der Waals surface area contributed by atoms with Crippen molar-refractivity contribution in [2.75, 3.05) is 30.7 Å². The number of aromatic amines is 1. The number of sulfonamides is 1. The zero-order valence-corrected chi connectivity index (χ0v) is 21.7. The molecule has 0 saturated heterocycles. The Morgan fingerprint density at radius 2 is 1.70 bits per heavy atom. The summed E-state index contributed by atoms with van der Waals surface area (Å²) < 4.78 is 37.3. The molecule has 0 bridgehead atoms. The first-order chi connectivity index (χ1) is 17.8. The van der Waals surface area contributed by atoms with Crippen molar-refractivity contribution >= 4 is 37.5 Å². The van der Waals surface area contributed by atoms with Crippen LogP contribution in [0.1, 0.15) is 37.4 Å². The van der Waals surface area contributed by atoms with Crippen LogP contribution in [0, 0.1) is 0 Å².